The molecule has 1 aliphatic carbocycles. The molecule has 0 unspecified atom stereocenters. The molecule has 0 bridgehead atoms. The van der Waals surface area contributed by atoms with Crippen LogP contribution in [0, 0.1) is 11.8 Å². The van der Waals surface area contributed by atoms with E-state index in [0.717, 1.165) is 19.3 Å². The van der Waals surface area contributed by atoms with Crippen molar-refractivity contribution < 1.29 is 4.79 Å². The van der Waals surface area contributed by atoms with Crippen LogP contribution in [0.4, 0.5) is 0 Å². The van der Waals surface area contributed by atoms with Gasteiger partial charge in [-0.3, -0.25) is 4.79 Å². The summed E-state index contributed by atoms with van der Waals surface area (Å²) in [6, 6.07) is 0. The van der Waals surface area contributed by atoms with Gasteiger partial charge < -0.3 is 0 Å². The van der Waals surface area contributed by atoms with Crippen LogP contribution in [0.2, 0.25) is 0 Å². The van der Waals surface area contributed by atoms with Crippen LogP contribution >= 0.6 is 0 Å². The largest absolute Gasteiger partial charge is 0.299 e. The standard InChI is InChI=1S/C19H36O/c1-3-4-11-14-17(2)18-15-12-9-7-5-6-8-10-13-16-19(18)20/h17-18H,3-16H2,1-2H3/t17-,18-/m1/s1. The fourth-order valence-corrected chi connectivity index (χ4v) is 3.59. The maximum absolute atomic E-state index is 12.5. The first-order valence-corrected chi connectivity index (χ1v) is 9.28. The van der Waals surface area contributed by atoms with Crippen LogP contribution in [0.15, 0.2) is 0 Å². The molecule has 0 radical (unpaired) electrons. The molecule has 2 atom stereocenters. The van der Waals surface area contributed by atoms with E-state index < -0.39 is 0 Å². The number of hydrogen-bond donors (Lipinski definition) is 0. The molecule has 0 aromatic heterocycles. The second-order valence-electron chi connectivity index (χ2n) is 6.91. The number of unbranched alkanes of at least 4 members (excludes halogenated alkanes) is 2. The molecule has 0 heterocycles. The lowest BCUT2D eigenvalue weighted by molar-refractivity contribution is -0.124. The number of hydrogen-bond acceptors (Lipinski definition) is 1. The quantitative estimate of drug-likeness (QED) is 0.540. The lowest BCUT2D eigenvalue weighted by atomic mass is 9.80. The number of rotatable bonds is 5. The van der Waals surface area contributed by atoms with E-state index >= 15 is 0 Å². The van der Waals surface area contributed by atoms with Gasteiger partial charge in [-0.05, 0) is 18.8 Å². The summed E-state index contributed by atoms with van der Waals surface area (Å²) in [6.07, 6.45) is 17.7. The SMILES string of the molecule is CCCCC[C@@H](C)[C@H]1CCCCCCCCCCC1=O. The van der Waals surface area contributed by atoms with Gasteiger partial charge in [0.25, 0.3) is 0 Å². The Kier molecular flexibility index (Phi) is 10.1. The number of carbonyl (C=O) groups is 1. The second-order valence-corrected chi connectivity index (χ2v) is 6.91. The molecule has 1 fully saturated rings. The average molecular weight is 280 g/mol. The summed E-state index contributed by atoms with van der Waals surface area (Å²) in [7, 11) is 0. The highest BCUT2D eigenvalue weighted by Crippen LogP contribution is 2.27. The fourth-order valence-electron chi connectivity index (χ4n) is 3.59. The zero-order chi connectivity index (χ0) is 14.6. The molecule has 0 spiro atoms. The van der Waals surface area contributed by atoms with E-state index in [1.165, 1.54) is 70.6 Å². The van der Waals surface area contributed by atoms with Crippen molar-refractivity contribution >= 4 is 5.78 Å². The van der Waals surface area contributed by atoms with Crippen molar-refractivity contribution in [3.8, 4) is 0 Å². The third kappa shape index (κ3) is 7.45. The molecule has 20 heavy (non-hydrogen) atoms. The molecule has 0 aliphatic heterocycles. The van der Waals surface area contributed by atoms with Crippen molar-refractivity contribution in [2.75, 3.05) is 0 Å². The van der Waals surface area contributed by atoms with Crippen LogP contribution in [-0.2, 0) is 4.79 Å². The fraction of sp³-hybridized carbons (Fsp3) is 0.947. The first kappa shape index (κ1) is 17.7. The lowest BCUT2D eigenvalue weighted by Crippen LogP contribution is -2.22. The Hall–Kier alpha value is -0.330. The van der Waals surface area contributed by atoms with Gasteiger partial charge in [-0.1, -0.05) is 84.5 Å². The predicted molar refractivity (Wildman–Crippen MR) is 88.0 cm³/mol. The van der Waals surface area contributed by atoms with Crippen molar-refractivity contribution in [2.24, 2.45) is 11.8 Å². The van der Waals surface area contributed by atoms with Gasteiger partial charge in [0.15, 0.2) is 0 Å². The maximum atomic E-state index is 12.5. The van der Waals surface area contributed by atoms with Crippen LogP contribution < -0.4 is 0 Å². The smallest absolute Gasteiger partial charge is 0.136 e. The van der Waals surface area contributed by atoms with Crippen molar-refractivity contribution in [2.45, 2.75) is 104 Å². The highest BCUT2D eigenvalue weighted by atomic mass is 16.1. The Morgan fingerprint density at radius 2 is 1.55 bits per heavy atom. The summed E-state index contributed by atoms with van der Waals surface area (Å²) in [5.74, 6) is 1.55. The number of carbonyl (C=O) groups excluding carboxylic acids is 1. The molecule has 118 valence electrons. The van der Waals surface area contributed by atoms with Crippen LogP contribution in [0.3, 0.4) is 0 Å². The molecule has 0 amide bonds. The minimum Gasteiger partial charge on any atom is -0.299 e. The Balaban J connectivity index is 2.45. The topological polar surface area (TPSA) is 17.1 Å². The van der Waals surface area contributed by atoms with Gasteiger partial charge in [-0.2, -0.15) is 0 Å². The van der Waals surface area contributed by atoms with Gasteiger partial charge in [0, 0.05) is 12.3 Å². The van der Waals surface area contributed by atoms with E-state index in [1.807, 2.05) is 0 Å². The van der Waals surface area contributed by atoms with Gasteiger partial charge in [0.05, 0.1) is 0 Å². The molecule has 1 heteroatoms. The zero-order valence-corrected chi connectivity index (χ0v) is 14.0. The third-order valence-corrected chi connectivity index (χ3v) is 5.05. The lowest BCUT2D eigenvalue weighted by Gasteiger charge is -2.23. The number of Topliss-reactive ketones (excluding diaryl/α,β-unsaturated/α-hetero) is 1. The van der Waals surface area contributed by atoms with Crippen molar-refractivity contribution in [3.05, 3.63) is 0 Å². The summed E-state index contributed by atoms with van der Waals surface area (Å²) in [5, 5.41) is 0. The highest BCUT2D eigenvalue weighted by molar-refractivity contribution is 5.81. The molecule has 0 N–H and O–H groups in total. The van der Waals surface area contributed by atoms with E-state index in [1.54, 1.807) is 0 Å². The first-order chi connectivity index (χ1) is 9.75. The second kappa shape index (κ2) is 11.3. The summed E-state index contributed by atoms with van der Waals surface area (Å²) in [5.41, 5.74) is 0. The molecule has 1 nitrogen and oxygen atoms in total. The molecule has 0 aromatic rings. The number of ketones is 1. The summed E-state index contributed by atoms with van der Waals surface area (Å²) >= 11 is 0. The molecular formula is C19H36O. The first-order valence-electron chi connectivity index (χ1n) is 9.28. The predicted octanol–water partition coefficient (Wildman–Crippen LogP) is 6.30. The van der Waals surface area contributed by atoms with E-state index in [-0.39, 0.29) is 0 Å². The summed E-state index contributed by atoms with van der Waals surface area (Å²) in [6.45, 7) is 4.58. The van der Waals surface area contributed by atoms with Gasteiger partial charge in [-0.25, -0.2) is 0 Å². The Morgan fingerprint density at radius 1 is 0.950 bits per heavy atom. The summed E-state index contributed by atoms with van der Waals surface area (Å²) in [4.78, 5) is 12.5. The van der Waals surface area contributed by atoms with Gasteiger partial charge in [0.2, 0.25) is 0 Å². The van der Waals surface area contributed by atoms with Crippen molar-refractivity contribution in [1.29, 1.82) is 0 Å². The monoisotopic (exact) mass is 280 g/mol. The van der Waals surface area contributed by atoms with Crippen LogP contribution in [0.5, 0.6) is 0 Å². The van der Waals surface area contributed by atoms with Crippen LogP contribution in [0.25, 0.3) is 0 Å². The molecule has 0 aromatic carbocycles. The van der Waals surface area contributed by atoms with E-state index in [9.17, 15) is 4.79 Å². The Labute approximate surface area is 126 Å². The molecule has 1 rings (SSSR count). The molecule has 1 saturated carbocycles. The zero-order valence-electron chi connectivity index (χ0n) is 14.0. The van der Waals surface area contributed by atoms with Gasteiger partial charge >= 0.3 is 0 Å². The van der Waals surface area contributed by atoms with Crippen LogP contribution in [0.1, 0.15) is 104 Å². The maximum Gasteiger partial charge on any atom is 0.136 e. The van der Waals surface area contributed by atoms with E-state index in [4.69, 9.17) is 0 Å². The highest BCUT2D eigenvalue weighted by Gasteiger charge is 2.23. The molecule has 0 saturated heterocycles. The van der Waals surface area contributed by atoms with E-state index in [0.29, 0.717) is 17.6 Å². The Morgan fingerprint density at radius 3 is 2.20 bits per heavy atom. The molecular weight excluding hydrogens is 244 g/mol. The normalized spacial score (nSPS) is 24.7. The minimum atomic E-state index is 0.367. The Bertz CT molecular complexity index is 246. The average Bonchev–Trinajstić information content (AvgIpc) is 2.43. The van der Waals surface area contributed by atoms with Crippen LogP contribution in [-0.4, -0.2) is 5.78 Å². The molecule has 1 aliphatic rings. The van der Waals surface area contributed by atoms with Gasteiger partial charge in [0.1, 0.15) is 5.78 Å². The third-order valence-electron chi connectivity index (χ3n) is 5.05. The van der Waals surface area contributed by atoms with Gasteiger partial charge in [-0.15, -0.1) is 0 Å². The van der Waals surface area contributed by atoms with Crippen molar-refractivity contribution in [3.63, 3.8) is 0 Å². The van der Waals surface area contributed by atoms with Crippen molar-refractivity contribution in [1.82, 2.24) is 0 Å². The minimum absolute atomic E-state index is 0.367. The van der Waals surface area contributed by atoms with E-state index in [2.05, 4.69) is 13.8 Å². The summed E-state index contributed by atoms with van der Waals surface area (Å²) < 4.78 is 0.